The third-order valence-electron chi connectivity index (χ3n) is 3.15. The fraction of sp³-hybridized carbons (Fsp3) is 0.538. The van der Waals surface area contributed by atoms with E-state index in [1.165, 1.54) is 0 Å². The summed E-state index contributed by atoms with van der Waals surface area (Å²) in [4.78, 5) is 0. The maximum absolute atomic E-state index is 6.22. The summed E-state index contributed by atoms with van der Waals surface area (Å²) in [5.74, 6) is 2.13. The van der Waals surface area contributed by atoms with Crippen LogP contribution >= 0.6 is 0 Å². The number of rotatable bonds is 2. The van der Waals surface area contributed by atoms with Crippen molar-refractivity contribution in [2.45, 2.75) is 31.7 Å². The molecule has 0 fully saturated rings. The lowest BCUT2D eigenvalue weighted by Gasteiger charge is -2.35. The van der Waals surface area contributed by atoms with Gasteiger partial charge in [0, 0.05) is 17.0 Å². The standard InChI is InChI=1S/C13H19NO2/c1-13(2,14)11-6-7-16-12-5-4-9(15-3)8-10(11)12/h4-5,8,11H,6-7,14H2,1-3H3. The van der Waals surface area contributed by atoms with E-state index < -0.39 is 0 Å². The minimum absolute atomic E-state index is 0.231. The molecule has 1 aliphatic rings. The van der Waals surface area contributed by atoms with Crippen molar-refractivity contribution in [1.82, 2.24) is 0 Å². The number of hydrogen-bond acceptors (Lipinski definition) is 3. The molecule has 1 atom stereocenters. The van der Waals surface area contributed by atoms with Gasteiger partial charge in [-0.1, -0.05) is 0 Å². The zero-order chi connectivity index (χ0) is 11.8. The van der Waals surface area contributed by atoms with Gasteiger partial charge in [-0.25, -0.2) is 0 Å². The molecule has 0 saturated heterocycles. The fourth-order valence-electron chi connectivity index (χ4n) is 2.27. The number of methoxy groups -OCH3 is 1. The normalized spacial score (nSPS) is 19.9. The van der Waals surface area contributed by atoms with Crippen LogP contribution in [0.3, 0.4) is 0 Å². The molecule has 1 aromatic carbocycles. The molecule has 0 aliphatic carbocycles. The van der Waals surface area contributed by atoms with Crippen molar-refractivity contribution in [3.05, 3.63) is 23.8 Å². The summed E-state index contributed by atoms with van der Waals surface area (Å²) in [5.41, 5.74) is 7.15. The Morgan fingerprint density at radius 1 is 1.44 bits per heavy atom. The first-order chi connectivity index (χ1) is 7.52. The zero-order valence-corrected chi connectivity index (χ0v) is 10.1. The minimum Gasteiger partial charge on any atom is -0.497 e. The van der Waals surface area contributed by atoms with Gasteiger partial charge in [0.1, 0.15) is 11.5 Å². The smallest absolute Gasteiger partial charge is 0.123 e. The van der Waals surface area contributed by atoms with Gasteiger partial charge in [0.05, 0.1) is 13.7 Å². The number of benzene rings is 1. The van der Waals surface area contributed by atoms with Gasteiger partial charge in [-0.3, -0.25) is 0 Å². The predicted molar refractivity (Wildman–Crippen MR) is 64.1 cm³/mol. The van der Waals surface area contributed by atoms with Crippen LogP contribution in [0, 0.1) is 0 Å². The van der Waals surface area contributed by atoms with E-state index in [-0.39, 0.29) is 5.54 Å². The Labute approximate surface area is 96.5 Å². The predicted octanol–water partition coefficient (Wildman–Crippen LogP) is 2.30. The van der Waals surface area contributed by atoms with E-state index in [2.05, 4.69) is 13.8 Å². The van der Waals surface area contributed by atoms with Crippen LogP contribution in [0.5, 0.6) is 11.5 Å². The summed E-state index contributed by atoms with van der Waals surface area (Å²) in [7, 11) is 1.67. The van der Waals surface area contributed by atoms with E-state index in [4.69, 9.17) is 15.2 Å². The summed E-state index contributed by atoms with van der Waals surface area (Å²) in [6.45, 7) is 4.86. The fourth-order valence-corrected chi connectivity index (χ4v) is 2.27. The van der Waals surface area contributed by atoms with Gasteiger partial charge in [0.2, 0.25) is 0 Å². The third kappa shape index (κ3) is 2.00. The number of fused-ring (bicyclic) bond motifs is 1. The molecule has 1 heterocycles. The van der Waals surface area contributed by atoms with Crippen molar-refractivity contribution in [2.75, 3.05) is 13.7 Å². The quantitative estimate of drug-likeness (QED) is 0.833. The molecule has 1 aromatic rings. The molecule has 88 valence electrons. The van der Waals surface area contributed by atoms with Crippen molar-refractivity contribution in [1.29, 1.82) is 0 Å². The van der Waals surface area contributed by atoms with E-state index in [0.29, 0.717) is 5.92 Å². The molecule has 16 heavy (non-hydrogen) atoms. The van der Waals surface area contributed by atoms with Gasteiger partial charge in [-0.2, -0.15) is 0 Å². The highest BCUT2D eigenvalue weighted by atomic mass is 16.5. The average Bonchev–Trinajstić information content (AvgIpc) is 2.26. The summed E-state index contributed by atoms with van der Waals surface area (Å²) in [6.07, 6.45) is 0.962. The molecule has 0 bridgehead atoms. The largest absolute Gasteiger partial charge is 0.497 e. The highest BCUT2D eigenvalue weighted by Gasteiger charge is 2.32. The molecule has 2 N–H and O–H groups in total. The Morgan fingerprint density at radius 3 is 2.81 bits per heavy atom. The molecular formula is C13H19NO2. The molecule has 0 radical (unpaired) electrons. The Morgan fingerprint density at radius 2 is 2.19 bits per heavy atom. The molecule has 0 amide bonds. The Hall–Kier alpha value is -1.22. The number of nitrogens with two attached hydrogens (primary N) is 1. The zero-order valence-electron chi connectivity index (χ0n) is 10.1. The second kappa shape index (κ2) is 3.98. The summed E-state index contributed by atoms with van der Waals surface area (Å²) in [5, 5.41) is 0. The number of hydrogen-bond donors (Lipinski definition) is 1. The van der Waals surface area contributed by atoms with Crippen LogP contribution in [-0.4, -0.2) is 19.3 Å². The maximum atomic E-state index is 6.22. The molecule has 3 heteroatoms. The van der Waals surface area contributed by atoms with E-state index in [1.54, 1.807) is 7.11 Å². The van der Waals surface area contributed by atoms with E-state index in [1.807, 2.05) is 18.2 Å². The van der Waals surface area contributed by atoms with E-state index in [0.717, 1.165) is 30.1 Å². The molecule has 0 saturated carbocycles. The van der Waals surface area contributed by atoms with Gasteiger partial charge < -0.3 is 15.2 Å². The Bertz CT molecular complexity index is 382. The highest BCUT2D eigenvalue weighted by molar-refractivity contribution is 5.44. The van der Waals surface area contributed by atoms with E-state index >= 15 is 0 Å². The lowest BCUT2D eigenvalue weighted by molar-refractivity contribution is 0.232. The van der Waals surface area contributed by atoms with Crippen LogP contribution in [0.15, 0.2) is 18.2 Å². The topological polar surface area (TPSA) is 44.5 Å². The average molecular weight is 221 g/mol. The van der Waals surface area contributed by atoms with Crippen molar-refractivity contribution in [3.63, 3.8) is 0 Å². The molecule has 2 rings (SSSR count). The first-order valence-corrected chi connectivity index (χ1v) is 5.62. The van der Waals surface area contributed by atoms with Crippen LogP contribution < -0.4 is 15.2 Å². The van der Waals surface area contributed by atoms with E-state index in [9.17, 15) is 0 Å². The molecule has 1 aliphatic heterocycles. The lowest BCUT2D eigenvalue weighted by Crippen LogP contribution is -2.41. The van der Waals surface area contributed by atoms with Crippen LogP contribution in [0.1, 0.15) is 31.7 Å². The first kappa shape index (κ1) is 11.3. The monoisotopic (exact) mass is 221 g/mol. The van der Waals surface area contributed by atoms with Crippen LogP contribution in [0.25, 0.3) is 0 Å². The summed E-state index contributed by atoms with van der Waals surface area (Å²) in [6, 6.07) is 5.92. The molecule has 3 nitrogen and oxygen atoms in total. The molecule has 0 spiro atoms. The van der Waals surface area contributed by atoms with Gasteiger partial charge in [0.25, 0.3) is 0 Å². The van der Waals surface area contributed by atoms with Gasteiger partial charge in [-0.05, 0) is 38.5 Å². The van der Waals surface area contributed by atoms with Crippen molar-refractivity contribution < 1.29 is 9.47 Å². The second-order valence-corrected chi connectivity index (χ2v) is 4.91. The van der Waals surface area contributed by atoms with Crippen LogP contribution in [-0.2, 0) is 0 Å². The third-order valence-corrected chi connectivity index (χ3v) is 3.15. The van der Waals surface area contributed by atoms with Crippen molar-refractivity contribution in [2.24, 2.45) is 5.73 Å². The van der Waals surface area contributed by atoms with Crippen molar-refractivity contribution >= 4 is 0 Å². The number of ether oxygens (including phenoxy) is 2. The van der Waals surface area contributed by atoms with Gasteiger partial charge in [-0.15, -0.1) is 0 Å². The molecule has 1 unspecified atom stereocenters. The van der Waals surface area contributed by atoms with Gasteiger partial charge in [0.15, 0.2) is 0 Å². The summed E-state index contributed by atoms with van der Waals surface area (Å²) >= 11 is 0. The molecular weight excluding hydrogens is 202 g/mol. The Balaban J connectivity index is 2.43. The van der Waals surface area contributed by atoms with Crippen LogP contribution in [0.4, 0.5) is 0 Å². The highest BCUT2D eigenvalue weighted by Crippen LogP contribution is 2.40. The summed E-state index contributed by atoms with van der Waals surface area (Å²) < 4.78 is 10.9. The second-order valence-electron chi connectivity index (χ2n) is 4.91. The van der Waals surface area contributed by atoms with Crippen molar-refractivity contribution in [3.8, 4) is 11.5 Å². The lowest BCUT2D eigenvalue weighted by atomic mass is 9.79. The SMILES string of the molecule is COc1ccc2c(c1)C(C(C)(C)N)CCO2. The first-order valence-electron chi connectivity index (χ1n) is 5.62. The minimum atomic E-state index is -0.231. The van der Waals surface area contributed by atoms with Gasteiger partial charge >= 0.3 is 0 Å². The Kier molecular flexibility index (Phi) is 2.80. The maximum Gasteiger partial charge on any atom is 0.123 e. The van der Waals surface area contributed by atoms with Crippen LogP contribution in [0.2, 0.25) is 0 Å². The molecule has 0 aromatic heterocycles.